The van der Waals surface area contributed by atoms with Crippen molar-refractivity contribution in [3.8, 4) is 33.5 Å². The Morgan fingerprint density at radius 1 is 0.700 bits per heavy atom. The van der Waals surface area contributed by atoms with Gasteiger partial charge < -0.3 is 4.74 Å². The van der Waals surface area contributed by atoms with Crippen molar-refractivity contribution in [1.82, 2.24) is 14.6 Å². The lowest BCUT2D eigenvalue weighted by Crippen LogP contribution is -1.96. The van der Waals surface area contributed by atoms with E-state index in [9.17, 15) is 0 Å². The van der Waals surface area contributed by atoms with E-state index in [1.807, 2.05) is 41.0 Å². The highest BCUT2D eigenvalue weighted by molar-refractivity contribution is 5.81. The van der Waals surface area contributed by atoms with Crippen LogP contribution >= 0.6 is 0 Å². The maximum atomic E-state index is 5.43. The molecule has 146 valence electrons. The van der Waals surface area contributed by atoms with Crippen LogP contribution in [0.2, 0.25) is 0 Å². The Kier molecular flexibility index (Phi) is 4.83. The molecule has 2 aromatic heterocycles. The van der Waals surface area contributed by atoms with Crippen LogP contribution < -0.4 is 0 Å². The summed E-state index contributed by atoms with van der Waals surface area (Å²) in [5.74, 6) is 0. The molecule has 5 rings (SSSR count). The molecule has 5 aromatic rings. The molecule has 4 heteroatoms. The quantitative estimate of drug-likeness (QED) is 0.376. The molecule has 3 aromatic carbocycles. The number of hydrogen-bond acceptors (Lipinski definition) is 3. The molecule has 0 aliphatic heterocycles. The first-order valence-electron chi connectivity index (χ1n) is 9.92. The summed E-state index contributed by atoms with van der Waals surface area (Å²) in [5.41, 5.74) is 8.30. The van der Waals surface area contributed by atoms with Gasteiger partial charge in [-0.3, -0.25) is 0 Å². The second-order valence-corrected chi connectivity index (χ2v) is 7.13. The highest BCUT2D eigenvalue weighted by atomic mass is 16.5. The highest BCUT2D eigenvalue weighted by Gasteiger charge is 2.18. The molecule has 0 bridgehead atoms. The van der Waals surface area contributed by atoms with Gasteiger partial charge in [0.05, 0.1) is 23.6 Å². The zero-order chi connectivity index (χ0) is 20.3. The van der Waals surface area contributed by atoms with Gasteiger partial charge in [-0.25, -0.2) is 9.50 Å². The molecule has 2 heterocycles. The molecule has 30 heavy (non-hydrogen) atoms. The van der Waals surface area contributed by atoms with Gasteiger partial charge in [0, 0.05) is 18.9 Å². The standard InChI is InChI=1S/C26H21N3O/c1-30-18-23-25(22-10-6-3-7-11-22)26-27-17-16-24(29(26)28-23)21-14-12-20(13-15-21)19-8-4-2-5-9-19/h2-17H,18H2,1H3. The van der Waals surface area contributed by atoms with Gasteiger partial charge >= 0.3 is 0 Å². The van der Waals surface area contributed by atoms with Gasteiger partial charge in [-0.2, -0.15) is 5.10 Å². The number of hydrogen-bond donors (Lipinski definition) is 0. The average Bonchev–Trinajstić information content (AvgIpc) is 3.19. The molecule has 0 saturated carbocycles. The predicted molar refractivity (Wildman–Crippen MR) is 120 cm³/mol. The summed E-state index contributed by atoms with van der Waals surface area (Å²) in [6.45, 7) is 0.431. The van der Waals surface area contributed by atoms with Crippen LogP contribution in [0.4, 0.5) is 0 Å². The first kappa shape index (κ1) is 18.3. The van der Waals surface area contributed by atoms with Crippen molar-refractivity contribution in [2.24, 2.45) is 0 Å². The minimum Gasteiger partial charge on any atom is -0.378 e. The second-order valence-electron chi connectivity index (χ2n) is 7.13. The minimum atomic E-state index is 0.431. The lowest BCUT2D eigenvalue weighted by Gasteiger charge is -2.07. The Labute approximate surface area is 175 Å². The molecule has 0 aliphatic rings. The average molecular weight is 391 g/mol. The third kappa shape index (κ3) is 3.27. The Morgan fingerprint density at radius 2 is 1.30 bits per heavy atom. The van der Waals surface area contributed by atoms with Gasteiger partial charge in [-0.1, -0.05) is 84.9 Å². The fourth-order valence-corrected chi connectivity index (χ4v) is 3.81. The van der Waals surface area contributed by atoms with E-state index in [4.69, 9.17) is 9.84 Å². The summed E-state index contributed by atoms with van der Waals surface area (Å²) in [7, 11) is 1.69. The van der Waals surface area contributed by atoms with E-state index in [-0.39, 0.29) is 0 Å². The number of methoxy groups -OCH3 is 1. The fraction of sp³-hybridized carbons (Fsp3) is 0.0769. The highest BCUT2D eigenvalue weighted by Crippen LogP contribution is 2.31. The zero-order valence-electron chi connectivity index (χ0n) is 16.7. The van der Waals surface area contributed by atoms with Crippen molar-refractivity contribution < 1.29 is 4.74 Å². The molecule has 0 fully saturated rings. The zero-order valence-corrected chi connectivity index (χ0v) is 16.7. The van der Waals surface area contributed by atoms with Gasteiger partial charge in [-0.05, 0) is 22.8 Å². The van der Waals surface area contributed by atoms with Crippen LogP contribution in [0, 0.1) is 0 Å². The Hall–Kier alpha value is -3.76. The van der Waals surface area contributed by atoms with Crippen molar-refractivity contribution in [3.05, 3.63) is 103 Å². The molecular formula is C26H21N3O. The number of rotatable bonds is 5. The van der Waals surface area contributed by atoms with Crippen molar-refractivity contribution >= 4 is 5.65 Å². The van der Waals surface area contributed by atoms with Gasteiger partial charge in [-0.15, -0.1) is 0 Å². The number of fused-ring (bicyclic) bond motifs is 1. The van der Waals surface area contributed by atoms with Gasteiger partial charge in [0.25, 0.3) is 0 Å². The van der Waals surface area contributed by atoms with E-state index < -0.39 is 0 Å². The summed E-state index contributed by atoms with van der Waals surface area (Å²) < 4.78 is 7.35. The molecule has 0 amide bonds. The summed E-state index contributed by atoms with van der Waals surface area (Å²) in [4.78, 5) is 4.66. The second kappa shape index (κ2) is 7.93. The van der Waals surface area contributed by atoms with Crippen molar-refractivity contribution in [2.75, 3.05) is 7.11 Å². The third-order valence-electron chi connectivity index (χ3n) is 5.22. The van der Waals surface area contributed by atoms with Crippen LogP contribution in [0.3, 0.4) is 0 Å². The van der Waals surface area contributed by atoms with Crippen LogP contribution in [-0.4, -0.2) is 21.7 Å². The molecule has 0 aliphatic carbocycles. The number of ether oxygens (including phenoxy) is 1. The predicted octanol–water partition coefficient (Wildman–Crippen LogP) is 5.88. The lowest BCUT2D eigenvalue weighted by molar-refractivity contribution is 0.181. The molecular weight excluding hydrogens is 370 g/mol. The van der Waals surface area contributed by atoms with Crippen molar-refractivity contribution in [1.29, 1.82) is 0 Å². The number of nitrogens with zero attached hydrogens (tertiary/aromatic N) is 3. The van der Waals surface area contributed by atoms with E-state index in [1.165, 1.54) is 11.1 Å². The first-order valence-corrected chi connectivity index (χ1v) is 9.92. The van der Waals surface area contributed by atoms with Crippen LogP contribution in [0.5, 0.6) is 0 Å². The molecule has 0 radical (unpaired) electrons. The maximum absolute atomic E-state index is 5.43. The number of benzene rings is 3. The maximum Gasteiger partial charge on any atom is 0.163 e. The largest absolute Gasteiger partial charge is 0.378 e. The molecule has 0 N–H and O–H groups in total. The van der Waals surface area contributed by atoms with E-state index >= 15 is 0 Å². The minimum absolute atomic E-state index is 0.431. The molecule has 0 saturated heterocycles. The summed E-state index contributed by atoms with van der Waals surface area (Å²) >= 11 is 0. The van der Waals surface area contributed by atoms with Crippen LogP contribution in [0.1, 0.15) is 5.69 Å². The lowest BCUT2D eigenvalue weighted by atomic mass is 10.0. The van der Waals surface area contributed by atoms with Crippen molar-refractivity contribution in [3.63, 3.8) is 0 Å². The monoisotopic (exact) mass is 391 g/mol. The van der Waals surface area contributed by atoms with E-state index in [2.05, 4.69) is 65.6 Å². The van der Waals surface area contributed by atoms with Gasteiger partial charge in [0.15, 0.2) is 5.65 Å². The van der Waals surface area contributed by atoms with Crippen LogP contribution in [0.15, 0.2) is 97.2 Å². The SMILES string of the molecule is COCc1nn2c(-c3ccc(-c4ccccc4)cc3)ccnc2c1-c1ccccc1. The molecule has 0 atom stereocenters. The third-order valence-corrected chi connectivity index (χ3v) is 5.22. The topological polar surface area (TPSA) is 39.4 Å². The molecule has 0 spiro atoms. The van der Waals surface area contributed by atoms with E-state index in [1.54, 1.807) is 7.11 Å². The fourth-order valence-electron chi connectivity index (χ4n) is 3.81. The number of aromatic nitrogens is 3. The van der Waals surface area contributed by atoms with E-state index in [0.29, 0.717) is 6.61 Å². The van der Waals surface area contributed by atoms with Gasteiger partial charge in [0.2, 0.25) is 0 Å². The van der Waals surface area contributed by atoms with Crippen LogP contribution in [-0.2, 0) is 11.3 Å². The van der Waals surface area contributed by atoms with Crippen molar-refractivity contribution in [2.45, 2.75) is 6.61 Å². The van der Waals surface area contributed by atoms with Gasteiger partial charge in [0.1, 0.15) is 0 Å². The van der Waals surface area contributed by atoms with E-state index in [0.717, 1.165) is 33.7 Å². The van der Waals surface area contributed by atoms with Crippen LogP contribution in [0.25, 0.3) is 39.2 Å². The normalized spacial score (nSPS) is 11.1. The molecule has 0 unspecified atom stereocenters. The Bertz CT molecular complexity index is 1280. The summed E-state index contributed by atoms with van der Waals surface area (Å²) in [6, 6.07) is 31.2. The summed E-state index contributed by atoms with van der Waals surface area (Å²) in [6.07, 6.45) is 1.85. The molecule has 4 nitrogen and oxygen atoms in total. The summed E-state index contributed by atoms with van der Waals surface area (Å²) in [5, 5.41) is 4.86. The Morgan fingerprint density at radius 3 is 1.97 bits per heavy atom. The first-order chi connectivity index (χ1) is 14.8. The Balaban J connectivity index is 1.64. The smallest absolute Gasteiger partial charge is 0.163 e.